The summed E-state index contributed by atoms with van der Waals surface area (Å²) in [7, 11) is 0. The van der Waals surface area contributed by atoms with Gasteiger partial charge in [0, 0.05) is 17.3 Å². The number of aromatic nitrogens is 2. The molecule has 3 aromatic rings. The Morgan fingerprint density at radius 1 is 0.950 bits per heavy atom. The average molecular weight is 287 g/mol. The van der Waals surface area contributed by atoms with Crippen LogP contribution in [-0.2, 0) is 0 Å². The van der Waals surface area contributed by atoms with E-state index in [1.54, 1.807) is 23.0 Å². The fraction of sp³-hybridized carbons (Fsp3) is 0.0625. The molecule has 1 heterocycles. The first kappa shape index (κ1) is 14.2. The third kappa shape index (κ3) is 4.14. The van der Waals surface area contributed by atoms with Gasteiger partial charge in [-0.3, -0.25) is 14.6 Å². The van der Waals surface area contributed by atoms with Crippen LogP contribution < -0.4 is 5.56 Å². The van der Waals surface area contributed by atoms with Crippen molar-refractivity contribution in [3.63, 3.8) is 0 Å². The molecule has 0 aliphatic carbocycles. The quantitative estimate of drug-likeness (QED) is 0.726. The number of aryl methyl sites for hydroxylation is 1. The number of benzene rings is 2. The van der Waals surface area contributed by atoms with Crippen LogP contribution in [0.5, 0.6) is 0 Å². The number of H-pyrrole nitrogens is 1. The lowest BCUT2D eigenvalue weighted by molar-refractivity contribution is 0.864. The summed E-state index contributed by atoms with van der Waals surface area (Å²) in [4.78, 5) is 10.8. The van der Waals surface area contributed by atoms with Gasteiger partial charge in [0.25, 0.3) is 5.56 Å². The molecule has 0 amide bonds. The Balaban J connectivity index is 0.000000178. The van der Waals surface area contributed by atoms with E-state index in [0.29, 0.717) is 5.02 Å². The van der Waals surface area contributed by atoms with Gasteiger partial charge in [-0.15, -0.1) is 0 Å². The Morgan fingerprint density at radius 2 is 1.60 bits per heavy atom. The summed E-state index contributed by atoms with van der Waals surface area (Å²) in [6.07, 6.45) is 1.67. The monoisotopic (exact) mass is 286 g/mol. The average Bonchev–Trinajstić information content (AvgIpc) is 2.88. The molecule has 0 saturated heterocycles. The van der Waals surface area contributed by atoms with Crippen LogP contribution in [0.3, 0.4) is 0 Å². The first-order chi connectivity index (χ1) is 9.65. The van der Waals surface area contributed by atoms with Crippen molar-refractivity contribution >= 4 is 11.6 Å². The van der Waals surface area contributed by atoms with Crippen molar-refractivity contribution in [2.45, 2.75) is 6.92 Å². The van der Waals surface area contributed by atoms with Crippen LogP contribution >= 0.6 is 11.6 Å². The molecular weight excluding hydrogens is 272 g/mol. The molecule has 0 aliphatic heterocycles. The van der Waals surface area contributed by atoms with Gasteiger partial charge in [0.15, 0.2) is 0 Å². The van der Waals surface area contributed by atoms with Crippen LogP contribution in [0.1, 0.15) is 5.56 Å². The molecule has 1 aromatic heterocycles. The highest BCUT2D eigenvalue weighted by molar-refractivity contribution is 6.30. The smallest absolute Gasteiger partial charge is 0.264 e. The Hall–Kier alpha value is -2.26. The minimum atomic E-state index is -0.116. The maximum absolute atomic E-state index is 10.8. The second-order valence-corrected chi connectivity index (χ2v) is 4.73. The number of nitrogens with zero attached hydrogens (tertiary/aromatic N) is 1. The number of halogens is 1. The summed E-state index contributed by atoms with van der Waals surface area (Å²) in [5, 5.41) is 3.31. The van der Waals surface area contributed by atoms with Crippen LogP contribution in [0.25, 0.3) is 5.69 Å². The minimum absolute atomic E-state index is 0.116. The van der Waals surface area contributed by atoms with Crippen molar-refractivity contribution in [1.29, 1.82) is 0 Å². The lowest BCUT2D eigenvalue weighted by atomic mass is 10.2. The largest absolute Gasteiger partial charge is 0.268 e. The number of hydrogen-bond acceptors (Lipinski definition) is 1. The molecule has 0 bridgehead atoms. The summed E-state index contributed by atoms with van der Waals surface area (Å²) in [6.45, 7) is 2.08. The van der Waals surface area contributed by atoms with Crippen molar-refractivity contribution in [2.75, 3.05) is 0 Å². The lowest BCUT2D eigenvalue weighted by Gasteiger charge is -2.00. The van der Waals surface area contributed by atoms with Crippen LogP contribution in [-0.4, -0.2) is 9.78 Å². The standard InChI is InChI=1S/C9H7ClN2O.C7H8/c10-7-1-3-8(4-2-7)12-6-5-9(13)11-12;1-7-5-3-2-4-6-7/h1-6H,(H,11,13);2-6H,1H3. The molecule has 3 nitrogen and oxygen atoms in total. The molecule has 0 atom stereocenters. The van der Waals surface area contributed by atoms with E-state index >= 15 is 0 Å². The highest BCUT2D eigenvalue weighted by atomic mass is 35.5. The van der Waals surface area contributed by atoms with Gasteiger partial charge in [0.2, 0.25) is 0 Å². The highest BCUT2D eigenvalue weighted by Gasteiger charge is 1.95. The molecule has 0 aliphatic rings. The molecule has 3 rings (SSSR count). The first-order valence-corrected chi connectivity index (χ1v) is 6.58. The summed E-state index contributed by atoms with van der Waals surface area (Å²) in [5.41, 5.74) is 2.09. The van der Waals surface area contributed by atoms with E-state index in [-0.39, 0.29) is 5.56 Å². The SMILES string of the molecule is Cc1ccccc1.O=c1ccn(-c2ccc(Cl)cc2)[nH]1. The topological polar surface area (TPSA) is 37.8 Å². The zero-order chi connectivity index (χ0) is 14.4. The molecule has 0 fully saturated rings. The molecule has 0 saturated carbocycles. The Labute approximate surface area is 122 Å². The maximum Gasteiger partial charge on any atom is 0.264 e. The third-order valence-electron chi connectivity index (χ3n) is 2.65. The summed E-state index contributed by atoms with van der Waals surface area (Å²) >= 11 is 5.72. The Morgan fingerprint density at radius 3 is 2.05 bits per heavy atom. The van der Waals surface area contributed by atoms with Gasteiger partial charge >= 0.3 is 0 Å². The maximum atomic E-state index is 10.8. The zero-order valence-corrected chi connectivity index (χ0v) is 11.8. The van der Waals surface area contributed by atoms with Gasteiger partial charge in [-0.25, -0.2) is 0 Å². The van der Waals surface area contributed by atoms with Gasteiger partial charge in [-0.05, 0) is 31.2 Å². The Bertz CT molecular complexity index is 699. The fourth-order valence-electron chi connectivity index (χ4n) is 1.62. The van der Waals surface area contributed by atoms with E-state index in [4.69, 9.17) is 11.6 Å². The second-order valence-electron chi connectivity index (χ2n) is 4.29. The van der Waals surface area contributed by atoms with E-state index in [2.05, 4.69) is 24.2 Å². The Kier molecular flexibility index (Phi) is 4.80. The molecule has 0 spiro atoms. The summed E-state index contributed by atoms with van der Waals surface area (Å²) in [5.74, 6) is 0. The lowest BCUT2D eigenvalue weighted by Crippen LogP contribution is -2.02. The van der Waals surface area contributed by atoms with Crippen molar-refractivity contribution in [2.24, 2.45) is 0 Å². The molecule has 0 radical (unpaired) electrons. The van der Waals surface area contributed by atoms with Crippen LogP contribution in [0, 0.1) is 6.92 Å². The number of hydrogen-bond donors (Lipinski definition) is 1. The van der Waals surface area contributed by atoms with E-state index in [9.17, 15) is 4.79 Å². The van der Waals surface area contributed by atoms with E-state index in [1.165, 1.54) is 11.6 Å². The van der Waals surface area contributed by atoms with Gasteiger partial charge in [-0.2, -0.15) is 0 Å². The summed E-state index contributed by atoms with van der Waals surface area (Å²) in [6, 6.07) is 18.9. The third-order valence-corrected chi connectivity index (χ3v) is 2.90. The van der Waals surface area contributed by atoms with Crippen molar-refractivity contribution < 1.29 is 0 Å². The predicted octanol–water partition coefficient (Wildman–Crippen LogP) is 3.81. The zero-order valence-electron chi connectivity index (χ0n) is 11.1. The van der Waals surface area contributed by atoms with Crippen LogP contribution in [0.2, 0.25) is 5.02 Å². The predicted molar refractivity (Wildman–Crippen MR) is 82.6 cm³/mol. The molecule has 1 N–H and O–H groups in total. The van der Waals surface area contributed by atoms with Gasteiger partial charge in [0.1, 0.15) is 0 Å². The highest BCUT2D eigenvalue weighted by Crippen LogP contribution is 2.11. The van der Waals surface area contributed by atoms with Crippen LogP contribution in [0.4, 0.5) is 0 Å². The van der Waals surface area contributed by atoms with E-state index in [0.717, 1.165) is 5.69 Å². The summed E-state index contributed by atoms with van der Waals surface area (Å²) < 4.78 is 1.64. The van der Waals surface area contributed by atoms with Crippen molar-refractivity contribution in [3.8, 4) is 5.69 Å². The van der Waals surface area contributed by atoms with Gasteiger partial charge in [0.05, 0.1) is 5.69 Å². The number of aromatic amines is 1. The minimum Gasteiger partial charge on any atom is -0.268 e. The van der Waals surface area contributed by atoms with Crippen molar-refractivity contribution in [1.82, 2.24) is 9.78 Å². The molecular formula is C16H15ClN2O. The number of rotatable bonds is 1. The van der Waals surface area contributed by atoms with Gasteiger partial charge in [-0.1, -0.05) is 47.5 Å². The molecule has 102 valence electrons. The molecule has 2 aromatic carbocycles. The first-order valence-electron chi connectivity index (χ1n) is 6.20. The van der Waals surface area contributed by atoms with E-state index < -0.39 is 0 Å². The fourth-order valence-corrected chi connectivity index (χ4v) is 1.75. The second kappa shape index (κ2) is 6.78. The van der Waals surface area contributed by atoms with E-state index in [1.807, 2.05) is 30.3 Å². The van der Waals surface area contributed by atoms with Crippen LogP contribution in [0.15, 0.2) is 71.7 Å². The normalized spacial score (nSPS) is 9.70. The number of nitrogens with one attached hydrogen (secondary N) is 1. The molecule has 0 unspecified atom stereocenters. The van der Waals surface area contributed by atoms with Gasteiger partial charge < -0.3 is 0 Å². The molecule has 4 heteroatoms. The van der Waals surface area contributed by atoms with Crippen molar-refractivity contribution in [3.05, 3.63) is 87.8 Å². The molecule has 20 heavy (non-hydrogen) atoms.